The summed E-state index contributed by atoms with van der Waals surface area (Å²) in [5.74, 6) is -0.0261. The normalized spacial score (nSPS) is 11.4. The Balaban J connectivity index is 2.05. The fraction of sp³-hybridized carbons (Fsp3) is 0.308. The molecule has 1 amide bonds. The van der Waals surface area contributed by atoms with Gasteiger partial charge in [-0.25, -0.2) is 4.98 Å². The second-order valence-corrected chi connectivity index (χ2v) is 4.38. The predicted octanol–water partition coefficient (Wildman–Crippen LogP) is 3.03. The highest BCUT2D eigenvalue weighted by molar-refractivity contribution is 6.01. The lowest BCUT2D eigenvalue weighted by molar-refractivity contribution is -0.137. The van der Waals surface area contributed by atoms with E-state index in [1.165, 1.54) is 12.1 Å². The van der Waals surface area contributed by atoms with E-state index in [0.29, 0.717) is 12.2 Å². The molecule has 2 N–H and O–H groups in total. The van der Waals surface area contributed by atoms with E-state index in [4.69, 9.17) is 0 Å². The molecule has 0 saturated heterocycles. The number of carbonyl (C=O) groups is 1. The van der Waals surface area contributed by atoms with Gasteiger partial charge in [0.2, 0.25) is 5.82 Å². The van der Waals surface area contributed by atoms with Gasteiger partial charge in [-0.15, -0.1) is 5.10 Å². The molecule has 21 heavy (non-hydrogen) atoms. The van der Waals surface area contributed by atoms with Crippen molar-refractivity contribution in [1.82, 2.24) is 15.2 Å². The van der Waals surface area contributed by atoms with Gasteiger partial charge in [-0.1, -0.05) is 6.92 Å². The summed E-state index contributed by atoms with van der Waals surface area (Å²) in [7, 11) is 0. The van der Waals surface area contributed by atoms with Gasteiger partial charge in [0.05, 0.1) is 5.56 Å². The van der Waals surface area contributed by atoms with Gasteiger partial charge >= 0.3 is 6.18 Å². The SMILES string of the molecule is CCCc1nc(C(=O)Nc2ccc(C(F)(F)F)cc2)n[nH]1. The molecule has 0 aliphatic rings. The molecule has 0 saturated carbocycles. The third-order valence-electron chi connectivity index (χ3n) is 2.69. The van der Waals surface area contributed by atoms with Gasteiger partial charge in [0.15, 0.2) is 0 Å². The second kappa shape index (κ2) is 5.94. The molecule has 0 aliphatic carbocycles. The molecule has 1 aromatic carbocycles. The molecule has 0 radical (unpaired) electrons. The standard InChI is InChI=1S/C13H13F3N4O/c1-2-3-10-18-11(20-19-10)12(21)17-9-6-4-8(5-7-9)13(14,15)16/h4-7H,2-3H2,1H3,(H,17,21)(H,18,19,20). The number of carbonyl (C=O) groups excluding carboxylic acids is 1. The Morgan fingerprint density at radius 2 is 1.95 bits per heavy atom. The number of H-pyrrole nitrogens is 1. The van der Waals surface area contributed by atoms with Gasteiger partial charge in [-0.05, 0) is 30.7 Å². The van der Waals surface area contributed by atoms with E-state index in [2.05, 4.69) is 20.5 Å². The van der Waals surface area contributed by atoms with Crippen molar-refractivity contribution in [2.75, 3.05) is 5.32 Å². The summed E-state index contributed by atoms with van der Waals surface area (Å²) in [4.78, 5) is 15.8. The van der Waals surface area contributed by atoms with Crippen LogP contribution in [0.2, 0.25) is 0 Å². The zero-order valence-electron chi connectivity index (χ0n) is 11.2. The number of amides is 1. The number of alkyl halides is 3. The zero-order chi connectivity index (χ0) is 15.5. The number of aromatic amines is 1. The minimum absolute atomic E-state index is 0.0432. The van der Waals surface area contributed by atoms with Crippen molar-refractivity contribution >= 4 is 11.6 Å². The smallest absolute Gasteiger partial charge is 0.319 e. The summed E-state index contributed by atoms with van der Waals surface area (Å²) in [6.07, 6.45) is -2.88. The Kier molecular flexibility index (Phi) is 4.25. The van der Waals surface area contributed by atoms with Gasteiger partial charge in [0.25, 0.3) is 5.91 Å². The molecule has 112 valence electrons. The Labute approximate surface area is 118 Å². The minimum atomic E-state index is -4.40. The van der Waals surface area contributed by atoms with Crippen LogP contribution in [0, 0.1) is 0 Å². The number of aryl methyl sites for hydroxylation is 1. The summed E-state index contributed by atoms with van der Waals surface area (Å²) >= 11 is 0. The molecule has 1 heterocycles. The molecule has 0 spiro atoms. The summed E-state index contributed by atoms with van der Waals surface area (Å²) in [5, 5.41) is 8.83. The number of anilines is 1. The summed E-state index contributed by atoms with van der Waals surface area (Å²) < 4.78 is 37.2. The van der Waals surface area contributed by atoms with E-state index in [1.54, 1.807) is 0 Å². The second-order valence-electron chi connectivity index (χ2n) is 4.38. The Morgan fingerprint density at radius 3 is 2.52 bits per heavy atom. The highest BCUT2D eigenvalue weighted by Crippen LogP contribution is 2.29. The average Bonchev–Trinajstić information content (AvgIpc) is 2.87. The number of halogens is 3. The molecular formula is C13H13F3N4O. The predicted molar refractivity (Wildman–Crippen MR) is 69.8 cm³/mol. The number of aromatic nitrogens is 3. The Hall–Kier alpha value is -2.38. The van der Waals surface area contributed by atoms with Crippen LogP contribution in [0.5, 0.6) is 0 Å². The quantitative estimate of drug-likeness (QED) is 0.911. The maximum absolute atomic E-state index is 12.4. The highest BCUT2D eigenvalue weighted by atomic mass is 19.4. The first-order valence-electron chi connectivity index (χ1n) is 6.30. The largest absolute Gasteiger partial charge is 0.416 e. The van der Waals surface area contributed by atoms with Crippen LogP contribution in [0.15, 0.2) is 24.3 Å². The van der Waals surface area contributed by atoms with E-state index >= 15 is 0 Å². The summed E-state index contributed by atoms with van der Waals surface area (Å²) in [6, 6.07) is 4.16. The van der Waals surface area contributed by atoms with Crippen LogP contribution < -0.4 is 5.32 Å². The van der Waals surface area contributed by atoms with Crippen LogP contribution in [-0.2, 0) is 12.6 Å². The fourth-order valence-electron chi connectivity index (χ4n) is 1.68. The zero-order valence-corrected chi connectivity index (χ0v) is 11.2. The maximum atomic E-state index is 12.4. The number of rotatable bonds is 4. The molecule has 1 aromatic heterocycles. The minimum Gasteiger partial charge on any atom is -0.319 e. The number of nitrogens with one attached hydrogen (secondary N) is 2. The summed E-state index contributed by atoms with van der Waals surface area (Å²) in [5.41, 5.74) is -0.529. The molecule has 2 aromatic rings. The van der Waals surface area contributed by atoms with Crippen molar-refractivity contribution in [1.29, 1.82) is 0 Å². The molecule has 0 aliphatic heterocycles. The van der Waals surface area contributed by atoms with Crippen LogP contribution in [0.4, 0.5) is 18.9 Å². The monoisotopic (exact) mass is 298 g/mol. The van der Waals surface area contributed by atoms with Crippen LogP contribution in [-0.4, -0.2) is 21.1 Å². The van der Waals surface area contributed by atoms with E-state index in [-0.39, 0.29) is 11.5 Å². The van der Waals surface area contributed by atoms with Gasteiger partial charge in [0, 0.05) is 12.1 Å². The van der Waals surface area contributed by atoms with Gasteiger partial charge in [-0.3, -0.25) is 9.89 Å². The lowest BCUT2D eigenvalue weighted by Gasteiger charge is -2.07. The molecule has 0 atom stereocenters. The fourth-order valence-corrected chi connectivity index (χ4v) is 1.68. The molecule has 0 bridgehead atoms. The van der Waals surface area contributed by atoms with Crippen molar-refractivity contribution in [2.45, 2.75) is 25.9 Å². The molecular weight excluding hydrogens is 285 g/mol. The van der Waals surface area contributed by atoms with Crippen molar-refractivity contribution in [3.8, 4) is 0 Å². The molecule has 0 fully saturated rings. The maximum Gasteiger partial charge on any atom is 0.416 e. The van der Waals surface area contributed by atoms with E-state index in [9.17, 15) is 18.0 Å². The van der Waals surface area contributed by atoms with Crippen molar-refractivity contribution in [3.63, 3.8) is 0 Å². The first kappa shape index (κ1) is 15.0. The van der Waals surface area contributed by atoms with Crippen molar-refractivity contribution in [3.05, 3.63) is 41.5 Å². The lowest BCUT2D eigenvalue weighted by Crippen LogP contribution is -2.14. The van der Waals surface area contributed by atoms with Crippen molar-refractivity contribution < 1.29 is 18.0 Å². The third kappa shape index (κ3) is 3.80. The number of benzene rings is 1. The van der Waals surface area contributed by atoms with E-state index < -0.39 is 17.6 Å². The van der Waals surface area contributed by atoms with Crippen LogP contribution >= 0.6 is 0 Å². The third-order valence-corrected chi connectivity index (χ3v) is 2.69. The van der Waals surface area contributed by atoms with Crippen LogP contribution in [0.3, 0.4) is 0 Å². The number of hydrogen-bond acceptors (Lipinski definition) is 3. The number of hydrogen-bond donors (Lipinski definition) is 2. The molecule has 2 rings (SSSR count). The molecule has 5 nitrogen and oxygen atoms in total. The van der Waals surface area contributed by atoms with E-state index in [1.807, 2.05) is 6.92 Å². The average molecular weight is 298 g/mol. The van der Waals surface area contributed by atoms with Crippen LogP contribution in [0.25, 0.3) is 0 Å². The number of nitrogens with zero attached hydrogens (tertiary/aromatic N) is 2. The van der Waals surface area contributed by atoms with Gasteiger partial charge in [-0.2, -0.15) is 13.2 Å². The first-order valence-corrected chi connectivity index (χ1v) is 6.30. The van der Waals surface area contributed by atoms with E-state index in [0.717, 1.165) is 18.6 Å². The lowest BCUT2D eigenvalue weighted by atomic mass is 10.2. The van der Waals surface area contributed by atoms with Gasteiger partial charge < -0.3 is 5.32 Å². The highest BCUT2D eigenvalue weighted by Gasteiger charge is 2.30. The van der Waals surface area contributed by atoms with Crippen LogP contribution in [0.1, 0.15) is 35.4 Å². The topological polar surface area (TPSA) is 70.7 Å². The van der Waals surface area contributed by atoms with Gasteiger partial charge in [0.1, 0.15) is 5.82 Å². The first-order chi connectivity index (χ1) is 9.90. The summed E-state index contributed by atoms with van der Waals surface area (Å²) in [6.45, 7) is 1.96. The Bertz CT molecular complexity index is 619. The Morgan fingerprint density at radius 1 is 1.29 bits per heavy atom. The van der Waals surface area contributed by atoms with Crippen molar-refractivity contribution in [2.24, 2.45) is 0 Å². The molecule has 0 unspecified atom stereocenters. The molecule has 8 heteroatoms.